The Balaban J connectivity index is 0. The van der Waals surface area contributed by atoms with Crippen LogP contribution in [0.15, 0.2) is 0 Å². The van der Waals surface area contributed by atoms with Crippen molar-refractivity contribution in [2.75, 3.05) is 6.54 Å². The fourth-order valence-corrected chi connectivity index (χ4v) is 0.291. The van der Waals surface area contributed by atoms with Crippen molar-refractivity contribution in [3.05, 3.63) is 0 Å². The molecule has 0 saturated carbocycles. The molecule has 0 radical (unpaired) electrons. The Kier molecular flexibility index (Phi) is 6.63. The second kappa shape index (κ2) is 6.30. The SMILES string of the molecule is NCC(O)C(F)(F)C(=O)O.O=C(O)C(F)(F)F. The number of alkyl halides is 5. The highest BCUT2D eigenvalue weighted by molar-refractivity contribution is 5.76. The van der Waals surface area contributed by atoms with Gasteiger partial charge in [-0.2, -0.15) is 22.0 Å². The lowest BCUT2D eigenvalue weighted by atomic mass is 10.2. The first-order chi connectivity index (χ1) is 7.37. The highest BCUT2D eigenvalue weighted by atomic mass is 19.4. The average Bonchev–Trinajstić information content (AvgIpc) is 2.15. The molecule has 0 bridgehead atoms. The van der Waals surface area contributed by atoms with Crippen molar-refractivity contribution < 1.29 is 46.9 Å². The lowest BCUT2D eigenvalue weighted by Crippen LogP contribution is -2.45. The molecule has 0 aromatic carbocycles. The summed E-state index contributed by atoms with van der Waals surface area (Å²) < 4.78 is 55.8. The van der Waals surface area contributed by atoms with Gasteiger partial charge >= 0.3 is 24.0 Å². The lowest BCUT2D eigenvalue weighted by Gasteiger charge is -2.15. The fourth-order valence-electron chi connectivity index (χ4n) is 0.291. The van der Waals surface area contributed by atoms with Gasteiger partial charge in [-0.15, -0.1) is 0 Å². The summed E-state index contributed by atoms with van der Waals surface area (Å²) in [6.45, 7) is -0.778. The first-order valence-corrected chi connectivity index (χ1v) is 3.66. The van der Waals surface area contributed by atoms with Crippen LogP contribution < -0.4 is 5.73 Å². The standard InChI is InChI=1S/C4H7F2NO3.C2HF3O2/c5-4(6,3(9)10)2(8)1-7;3-2(4,5)1(6)7/h2,8H,1,7H2,(H,9,10);(H,6,7). The van der Waals surface area contributed by atoms with Crippen LogP contribution in [-0.2, 0) is 9.59 Å². The monoisotopic (exact) mass is 269 g/mol. The highest BCUT2D eigenvalue weighted by Crippen LogP contribution is 2.17. The maximum atomic E-state index is 12.0. The van der Waals surface area contributed by atoms with Crippen LogP contribution in [0.1, 0.15) is 0 Å². The highest BCUT2D eigenvalue weighted by Gasteiger charge is 2.46. The molecule has 0 saturated heterocycles. The zero-order chi connectivity index (χ0) is 14.4. The van der Waals surface area contributed by atoms with Crippen LogP contribution in [0.2, 0.25) is 0 Å². The zero-order valence-corrected chi connectivity index (χ0v) is 7.91. The molecule has 17 heavy (non-hydrogen) atoms. The molecule has 0 amide bonds. The summed E-state index contributed by atoms with van der Waals surface area (Å²) in [5, 5.41) is 23.2. The second-order valence-corrected chi connectivity index (χ2v) is 2.48. The summed E-state index contributed by atoms with van der Waals surface area (Å²) in [5.74, 6) is -9.27. The molecule has 0 fully saturated rings. The van der Waals surface area contributed by atoms with Crippen LogP contribution in [0, 0.1) is 0 Å². The number of hydrogen-bond donors (Lipinski definition) is 4. The van der Waals surface area contributed by atoms with Gasteiger partial charge in [-0.05, 0) is 0 Å². The Morgan fingerprint density at radius 3 is 1.41 bits per heavy atom. The van der Waals surface area contributed by atoms with E-state index in [0.717, 1.165) is 0 Å². The first kappa shape index (κ1) is 17.9. The van der Waals surface area contributed by atoms with Crippen LogP contribution in [0.5, 0.6) is 0 Å². The fraction of sp³-hybridized carbons (Fsp3) is 0.667. The quantitative estimate of drug-likeness (QED) is 0.520. The maximum Gasteiger partial charge on any atom is 0.490 e. The molecule has 0 aliphatic heterocycles. The number of carboxylic acids is 2. The molecule has 5 N–H and O–H groups in total. The third-order valence-electron chi connectivity index (χ3n) is 1.17. The molecule has 0 aliphatic carbocycles. The topological polar surface area (TPSA) is 121 Å². The molecular formula is C6H8F5NO5. The van der Waals surface area contributed by atoms with E-state index < -0.39 is 36.7 Å². The van der Waals surface area contributed by atoms with Crippen molar-refractivity contribution in [2.24, 2.45) is 5.73 Å². The number of rotatable bonds is 3. The van der Waals surface area contributed by atoms with Gasteiger partial charge in [-0.3, -0.25) is 0 Å². The third-order valence-corrected chi connectivity index (χ3v) is 1.17. The van der Waals surface area contributed by atoms with Gasteiger partial charge in [-0.1, -0.05) is 0 Å². The number of aliphatic carboxylic acids is 2. The van der Waals surface area contributed by atoms with Crippen LogP contribution in [0.3, 0.4) is 0 Å². The van der Waals surface area contributed by atoms with Crippen LogP contribution >= 0.6 is 0 Å². The average molecular weight is 269 g/mol. The van der Waals surface area contributed by atoms with Gasteiger partial charge in [0.1, 0.15) is 6.10 Å². The first-order valence-electron chi connectivity index (χ1n) is 3.66. The largest absolute Gasteiger partial charge is 0.490 e. The van der Waals surface area contributed by atoms with Gasteiger partial charge in [0.15, 0.2) is 0 Å². The molecule has 1 unspecified atom stereocenters. The number of hydrogen-bond acceptors (Lipinski definition) is 4. The van der Waals surface area contributed by atoms with Crippen molar-refractivity contribution in [3.63, 3.8) is 0 Å². The van der Waals surface area contributed by atoms with Crippen molar-refractivity contribution >= 4 is 11.9 Å². The van der Waals surface area contributed by atoms with E-state index in [1.54, 1.807) is 0 Å². The van der Waals surface area contributed by atoms with Crippen LogP contribution in [-0.4, -0.2) is 52.0 Å². The minimum absolute atomic E-state index is 0.778. The molecular weight excluding hydrogens is 261 g/mol. The summed E-state index contributed by atoms with van der Waals surface area (Å²) in [5.41, 5.74) is 4.60. The number of nitrogens with two attached hydrogens (primary N) is 1. The number of carbonyl (C=O) groups is 2. The molecule has 0 rings (SSSR count). The van der Waals surface area contributed by atoms with E-state index in [1.165, 1.54) is 0 Å². The molecule has 11 heteroatoms. The summed E-state index contributed by atoms with van der Waals surface area (Å²) >= 11 is 0. The Morgan fingerprint density at radius 1 is 1.06 bits per heavy atom. The summed E-state index contributed by atoms with van der Waals surface area (Å²) in [4.78, 5) is 18.6. The number of carboxylic acid groups (broad SMARTS) is 2. The molecule has 0 aromatic heterocycles. The predicted molar refractivity (Wildman–Crippen MR) is 41.3 cm³/mol. The van der Waals surface area contributed by atoms with Gasteiger partial charge in [0.25, 0.3) is 0 Å². The third kappa shape index (κ3) is 6.63. The molecule has 6 nitrogen and oxygen atoms in total. The zero-order valence-electron chi connectivity index (χ0n) is 7.91. The minimum atomic E-state index is -5.08. The number of aliphatic hydroxyl groups excluding tert-OH is 1. The van der Waals surface area contributed by atoms with E-state index in [-0.39, 0.29) is 0 Å². The second-order valence-electron chi connectivity index (χ2n) is 2.48. The molecule has 0 aliphatic rings. The van der Waals surface area contributed by atoms with Crippen molar-refractivity contribution in [1.82, 2.24) is 0 Å². The van der Waals surface area contributed by atoms with Gasteiger partial charge in [0.2, 0.25) is 0 Å². The lowest BCUT2D eigenvalue weighted by molar-refractivity contribution is -0.192. The van der Waals surface area contributed by atoms with Gasteiger partial charge < -0.3 is 21.1 Å². The summed E-state index contributed by atoms with van der Waals surface area (Å²) in [6.07, 6.45) is -7.40. The van der Waals surface area contributed by atoms with E-state index >= 15 is 0 Å². The van der Waals surface area contributed by atoms with E-state index in [9.17, 15) is 26.7 Å². The maximum absolute atomic E-state index is 12.0. The van der Waals surface area contributed by atoms with Gasteiger partial charge in [0.05, 0.1) is 0 Å². The van der Waals surface area contributed by atoms with Crippen LogP contribution in [0.25, 0.3) is 0 Å². The van der Waals surface area contributed by atoms with E-state index in [4.69, 9.17) is 20.1 Å². The summed E-state index contributed by atoms with van der Waals surface area (Å²) in [6, 6.07) is 0. The van der Waals surface area contributed by atoms with Crippen LogP contribution in [0.4, 0.5) is 22.0 Å². The number of halogens is 5. The molecule has 0 aromatic rings. The Labute approximate surface area is 90.4 Å². The van der Waals surface area contributed by atoms with E-state index in [0.29, 0.717) is 0 Å². The van der Waals surface area contributed by atoms with Crippen molar-refractivity contribution in [3.8, 4) is 0 Å². The normalized spacial score (nSPS) is 13.4. The smallest absolute Gasteiger partial charge is 0.477 e. The molecule has 1 atom stereocenters. The van der Waals surface area contributed by atoms with Gasteiger partial charge in [-0.25, -0.2) is 9.59 Å². The van der Waals surface area contributed by atoms with Crippen molar-refractivity contribution in [1.29, 1.82) is 0 Å². The molecule has 0 heterocycles. The van der Waals surface area contributed by atoms with E-state index in [1.807, 2.05) is 0 Å². The number of aliphatic hydroxyl groups is 1. The van der Waals surface area contributed by atoms with Crippen molar-refractivity contribution in [2.45, 2.75) is 18.2 Å². The molecule has 0 spiro atoms. The van der Waals surface area contributed by atoms with E-state index in [2.05, 4.69) is 5.73 Å². The molecule has 102 valence electrons. The predicted octanol–water partition coefficient (Wildman–Crippen LogP) is -0.341. The summed E-state index contributed by atoms with van der Waals surface area (Å²) in [7, 11) is 0. The van der Waals surface area contributed by atoms with Gasteiger partial charge in [0, 0.05) is 6.54 Å². The Hall–Kier alpha value is -1.49. The minimum Gasteiger partial charge on any atom is -0.477 e. The Morgan fingerprint density at radius 2 is 1.35 bits per heavy atom. The Bertz CT molecular complexity index is 278.